The number of benzene rings is 1. The minimum Gasteiger partial charge on any atom is -0.397 e. The number of pyridine rings is 1. The Labute approximate surface area is 123 Å². The maximum atomic E-state index is 12.1. The van der Waals surface area contributed by atoms with E-state index in [1.165, 1.54) is 12.4 Å². The molecule has 21 heavy (non-hydrogen) atoms. The Morgan fingerprint density at radius 2 is 2.10 bits per heavy atom. The van der Waals surface area contributed by atoms with Crippen molar-refractivity contribution in [3.63, 3.8) is 0 Å². The molecule has 0 saturated carbocycles. The summed E-state index contributed by atoms with van der Waals surface area (Å²) in [5, 5.41) is 11.9. The van der Waals surface area contributed by atoms with E-state index in [9.17, 15) is 10.1 Å². The molecule has 5 nitrogen and oxygen atoms in total. The lowest BCUT2D eigenvalue weighted by Crippen LogP contribution is -2.13. The van der Waals surface area contributed by atoms with E-state index in [2.05, 4.69) is 16.4 Å². The van der Waals surface area contributed by atoms with E-state index in [0.29, 0.717) is 22.5 Å². The Bertz CT molecular complexity index is 716. The summed E-state index contributed by atoms with van der Waals surface area (Å²) >= 11 is 0. The van der Waals surface area contributed by atoms with Gasteiger partial charge in [-0.05, 0) is 29.7 Å². The number of nitrogen functional groups attached to an aromatic ring is 1. The Hall–Kier alpha value is -2.87. The second kappa shape index (κ2) is 6.06. The summed E-state index contributed by atoms with van der Waals surface area (Å²) < 4.78 is 0. The average molecular weight is 280 g/mol. The summed E-state index contributed by atoms with van der Waals surface area (Å²) in [6, 6.07) is 9.02. The third kappa shape index (κ3) is 3.37. The van der Waals surface area contributed by atoms with Crippen LogP contribution >= 0.6 is 0 Å². The lowest BCUT2D eigenvalue weighted by atomic mass is 9.97. The van der Waals surface area contributed by atoms with Gasteiger partial charge in [-0.15, -0.1) is 0 Å². The number of nitriles is 1. The standard InChI is InChI=1S/C16H16N4O/c1-10(2)15-4-3-14(6-11(15)7-17)20-16(21)12-5-13(18)9-19-8-12/h3-6,8-10H,18H2,1-2H3,(H,20,21). The highest BCUT2D eigenvalue weighted by atomic mass is 16.1. The Morgan fingerprint density at radius 3 is 2.71 bits per heavy atom. The number of hydrogen-bond acceptors (Lipinski definition) is 4. The van der Waals surface area contributed by atoms with Gasteiger partial charge in [0.2, 0.25) is 0 Å². The molecule has 106 valence electrons. The van der Waals surface area contributed by atoms with E-state index in [-0.39, 0.29) is 11.8 Å². The van der Waals surface area contributed by atoms with Crippen LogP contribution < -0.4 is 11.1 Å². The zero-order valence-corrected chi connectivity index (χ0v) is 11.9. The lowest BCUT2D eigenvalue weighted by molar-refractivity contribution is 0.102. The van der Waals surface area contributed by atoms with Gasteiger partial charge in [-0.25, -0.2) is 0 Å². The normalized spacial score (nSPS) is 10.2. The SMILES string of the molecule is CC(C)c1ccc(NC(=O)c2cncc(N)c2)cc1C#N. The van der Waals surface area contributed by atoms with Crippen LogP contribution in [0.4, 0.5) is 11.4 Å². The van der Waals surface area contributed by atoms with Crippen LogP contribution in [-0.4, -0.2) is 10.9 Å². The van der Waals surface area contributed by atoms with E-state index in [4.69, 9.17) is 5.73 Å². The van der Waals surface area contributed by atoms with Crippen LogP contribution in [-0.2, 0) is 0 Å². The van der Waals surface area contributed by atoms with Crippen LogP contribution in [0.15, 0.2) is 36.7 Å². The topological polar surface area (TPSA) is 91.8 Å². The van der Waals surface area contributed by atoms with Crippen LogP contribution in [0, 0.1) is 11.3 Å². The van der Waals surface area contributed by atoms with Gasteiger partial charge >= 0.3 is 0 Å². The van der Waals surface area contributed by atoms with Crippen molar-refractivity contribution in [1.29, 1.82) is 5.26 Å². The van der Waals surface area contributed by atoms with Gasteiger partial charge in [-0.1, -0.05) is 19.9 Å². The maximum Gasteiger partial charge on any atom is 0.257 e. The molecule has 1 aromatic heterocycles. The van der Waals surface area contributed by atoms with E-state index in [0.717, 1.165) is 5.56 Å². The first-order valence-corrected chi connectivity index (χ1v) is 6.57. The van der Waals surface area contributed by atoms with E-state index < -0.39 is 0 Å². The minimum atomic E-state index is -0.309. The highest BCUT2D eigenvalue weighted by molar-refractivity contribution is 6.04. The van der Waals surface area contributed by atoms with Crippen molar-refractivity contribution in [2.45, 2.75) is 19.8 Å². The monoisotopic (exact) mass is 280 g/mol. The summed E-state index contributed by atoms with van der Waals surface area (Å²) in [5.74, 6) is -0.0569. The van der Waals surface area contributed by atoms with Gasteiger partial charge in [0.25, 0.3) is 5.91 Å². The lowest BCUT2D eigenvalue weighted by Gasteiger charge is -2.11. The van der Waals surface area contributed by atoms with Crippen LogP contribution in [0.25, 0.3) is 0 Å². The number of hydrogen-bond donors (Lipinski definition) is 2. The number of amides is 1. The maximum absolute atomic E-state index is 12.1. The smallest absolute Gasteiger partial charge is 0.257 e. The molecule has 0 unspecified atom stereocenters. The second-order valence-corrected chi connectivity index (χ2v) is 5.03. The second-order valence-electron chi connectivity index (χ2n) is 5.03. The fraction of sp³-hybridized carbons (Fsp3) is 0.188. The molecule has 0 spiro atoms. The Balaban J connectivity index is 2.24. The van der Waals surface area contributed by atoms with E-state index in [1.54, 1.807) is 18.2 Å². The van der Waals surface area contributed by atoms with Gasteiger partial charge in [-0.2, -0.15) is 5.26 Å². The van der Waals surface area contributed by atoms with Gasteiger partial charge in [-0.3, -0.25) is 9.78 Å². The van der Waals surface area contributed by atoms with Gasteiger partial charge < -0.3 is 11.1 Å². The molecule has 0 radical (unpaired) electrons. The van der Waals surface area contributed by atoms with Gasteiger partial charge in [0.1, 0.15) is 0 Å². The van der Waals surface area contributed by atoms with E-state index >= 15 is 0 Å². The van der Waals surface area contributed by atoms with E-state index in [1.807, 2.05) is 19.9 Å². The van der Waals surface area contributed by atoms with Crippen molar-refractivity contribution >= 4 is 17.3 Å². The van der Waals surface area contributed by atoms with Crippen molar-refractivity contribution in [2.75, 3.05) is 11.1 Å². The van der Waals surface area contributed by atoms with Crippen LogP contribution in [0.5, 0.6) is 0 Å². The zero-order valence-electron chi connectivity index (χ0n) is 11.9. The number of nitrogens with one attached hydrogen (secondary N) is 1. The predicted molar refractivity (Wildman–Crippen MR) is 81.8 cm³/mol. The number of nitrogens with zero attached hydrogens (tertiary/aromatic N) is 2. The molecule has 5 heteroatoms. The summed E-state index contributed by atoms with van der Waals surface area (Å²) in [6.45, 7) is 4.04. The third-order valence-electron chi connectivity index (χ3n) is 3.08. The molecule has 0 saturated heterocycles. The highest BCUT2D eigenvalue weighted by Gasteiger charge is 2.10. The summed E-state index contributed by atoms with van der Waals surface area (Å²) in [4.78, 5) is 16.0. The highest BCUT2D eigenvalue weighted by Crippen LogP contribution is 2.22. The van der Waals surface area contributed by atoms with Crippen molar-refractivity contribution in [3.05, 3.63) is 53.3 Å². The number of anilines is 2. The molecule has 3 N–H and O–H groups in total. The van der Waals surface area contributed by atoms with Gasteiger partial charge in [0, 0.05) is 18.1 Å². The molecule has 0 aliphatic heterocycles. The fourth-order valence-electron chi connectivity index (χ4n) is 2.02. The molecule has 2 aromatic rings. The number of carbonyl (C=O) groups is 1. The first-order chi connectivity index (χ1) is 10.0. The van der Waals surface area contributed by atoms with Gasteiger partial charge in [0.15, 0.2) is 0 Å². The Morgan fingerprint density at radius 1 is 1.33 bits per heavy atom. The molecule has 1 aromatic carbocycles. The molecule has 1 heterocycles. The first kappa shape index (κ1) is 14.5. The molecule has 0 atom stereocenters. The molecular formula is C16H16N4O. The Kier molecular flexibility index (Phi) is 4.19. The summed E-state index contributed by atoms with van der Waals surface area (Å²) in [5.41, 5.74) is 8.50. The molecule has 1 amide bonds. The number of carbonyl (C=O) groups excluding carboxylic acids is 1. The fourth-order valence-corrected chi connectivity index (χ4v) is 2.02. The minimum absolute atomic E-state index is 0.252. The largest absolute Gasteiger partial charge is 0.397 e. The molecule has 0 fully saturated rings. The summed E-state index contributed by atoms with van der Waals surface area (Å²) in [7, 11) is 0. The van der Waals surface area contributed by atoms with Crippen LogP contribution in [0.2, 0.25) is 0 Å². The summed E-state index contributed by atoms with van der Waals surface area (Å²) in [6.07, 6.45) is 2.92. The molecule has 0 aliphatic carbocycles. The number of nitrogens with two attached hydrogens (primary N) is 1. The predicted octanol–water partition coefficient (Wildman–Crippen LogP) is 2.91. The molecular weight excluding hydrogens is 264 g/mol. The number of rotatable bonds is 3. The average Bonchev–Trinajstić information content (AvgIpc) is 2.46. The van der Waals surface area contributed by atoms with Crippen molar-refractivity contribution in [2.24, 2.45) is 0 Å². The van der Waals surface area contributed by atoms with Crippen LogP contribution in [0.1, 0.15) is 41.3 Å². The zero-order chi connectivity index (χ0) is 15.4. The molecule has 0 bridgehead atoms. The van der Waals surface area contributed by atoms with Crippen molar-refractivity contribution in [3.8, 4) is 6.07 Å². The van der Waals surface area contributed by atoms with Crippen molar-refractivity contribution in [1.82, 2.24) is 4.98 Å². The number of aromatic nitrogens is 1. The first-order valence-electron chi connectivity index (χ1n) is 6.57. The van der Waals surface area contributed by atoms with Crippen molar-refractivity contribution < 1.29 is 4.79 Å². The quantitative estimate of drug-likeness (QED) is 0.904. The van der Waals surface area contributed by atoms with Gasteiger partial charge in [0.05, 0.1) is 22.9 Å². The van der Waals surface area contributed by atoms with Crippen LogP contribution in [0.3, 0.4) is 0 Å². The third-order valence-corrected chi connectivity index (χ3v) is 3.08. The molecule has 0 aliphatic rings. The molecule has 2 rings (SSSR count).